The van der Waals surface area contributed by atoms with Crippen LogP contribution in [-0.4, -0.2) is 20.9 Å². The van der Waals surface area contributed by atoms with Crippen molar-refractivity contribution in [3.8, 4) is 0 Å². The SMILES string of the molecule is CCn1cc(C(=O)O)c(F)n1. The Balaban J connectivity index is 3.07. The molecule has 1 rings (SSSR count). The van der Waals surface area contributed by atoms with Gasteiger partial charge in [-0.2, -0.15) is 4.39 Å². The number of carbonyl (C=O) groups is 1. The van der Waals surface area contributed by atoms with Crippen LogP contribution in [-0.2, 0) is 6.54 Å². The van der Waals surface area contributed by atoms with Crippen molar-refractivity contribution in [2.75, 3.05) is 0 Å². The molecule has 0 aliphatic carbocycles. The van der Waals surface area contributed by atoms with Crippen LogP contribution in [0.1, 0.15) is 17.3 Å². The molecule has 5 heteroatoms. The van der Waals surface area contributed by atoms with Gasteiger partial charge in [0, 0.05) is 12.7 Å². The summed E-state index contributed by atoms with van der Waals surface area (Å²) >= 11 is 0. The molecule has 0 bridgehead atoms. The lowest BCUT2D eigenvalue weighted by Crippen LogP contribution is -1.96. The van der Waals surface area contributed by atoms with Crippen LogP contribution in [0.3, 0.4) is 0 Å². The van der Waals surface area contributed by atoms with E-state index >= 15 is 0 Å². The smallest absolute Gasteiger partial charge is 0.342 e. The van der Waals surface area contributed by atoms with Crippen molar-refractivity contribution in [1.29, 1.82) is 0 Å². The fraction of sp³-hybridized carbons (Fsp3) is 0.333. The second-order valence-corrected chi connectivity index (χ2v) is 1.99. The lowest BCUT2D eigenvalue weighted by molar-refractivity contribution is 0.0692. The van der Waals surface area contributed by atoms with E-state index in [2.05, 4.69) is 5.10 Å². The molecule has 0 amide bonds. The number of aryl methyl sites for hydroxylation is 1. The Bertz CT molecular complexity index is 282. The van der Waals surface area contributed by atoms with Crippen LogP contribution in [0.5, 0.6) is 0 Å². The normalized spacial score (nSPS) is 10.0. The highest BCUT2D eigenvalue weighted by Crippen LogP contribution is 2.03. The Labute approximate surface area is 62.3 Å². The van der Waals surface area contributed by atoms with Crippen molar-refractivity contribution < 1.29 is 14.3 Å². The molecular formula is C6H7FN2O2. The van der Waals surface area contributed by atoms with Crippen molar-refractivity contribution in [1.82, 2.24) is 9.78 Å². The molecule has 0 saturated heterocycles. The quantitative estimate of drug-likeness (QED) is 0.690. The van der Waals surface area contributed by atoms with E-state index in [1.54, 1.807) is 6.92 Å². The molecule has 11 heavy (non-hydrogen) atoms. The van der Waals surface area contributed by atoms with Crippen LogP contribution in [0, 0.1) is 5.95 Å². The van der Waals surface area contributed by atoms with Gasteiger partial charge < -0.3 is 5.11 Å². The first kappa shape index (κ1) is 7.71. The van der Waals surface area contributed by atoms with E-state index < -0.39 is 11.9 Å². The number of nitrogens with zero attached hydrogens (tertiary/aromatic N) is 2. The van der Waals surface area contributed by atoms with Gasteiger partial charge in [-0.1, -0.05) is 0 Å². The molecule has 0 spiro atoms. The van der Waals surface area contributed by atoms with Crippen LogP contribution < -0.4 is 0 Å². The summed E-state index contributed by atoms with van der Waals surface area (Å²) in [5, 5.41) is 11.7. The van der Waals surface area contributed by atoms with Crippen LogP contribution in [0.4, 0.5) is 4.39 Å². The Morgan fingerprint density at radius 2 is 2.55 bits per heavy atom. The first-order chi connectivity index (χ1) is 5.15. The summed E-state index contributed by atoms with van der Waals surface area (Å²) in [5.74, 6) is -2.22. The summed E-state index contributed by atoms with van der Waals surface area (Å²) < 4.78 is 13.8. The highest BCUT2D eigenvalue weighted by atomic mass is 19.1. The van der Waals surface area contributed by atoms with Gasteiger partial charge in [-0.15, -0.1) is 5.10 Å². The zero-order valence-electron chi connectivity index (χ0n) is 5.91. The Hall–Kier alpha value is -1.39. The van der Waals surface area contributed by atoms with Gasteiger partial charge in [0.25, 0.3) is 0 Å². The molecule has 1 aromatic heterocycles. The second-order valence-electron chi connectivity index (χ2n) is 1.99. The maximum Gasteiger partial charge on any atom is 0.342 e. The van der Waals surface area contributed by atoms with Crippen molar-refractivity contribution in [2.45, 2.75) is 13.5 Å². The third-order valence-electron chi connectivity index (χ3n) is 1.27. The molecule has 0 fully saturated rings. The van der Waals surface area contributed by atoms with Gasteiger partial charge in [-0.3, -0.25) is 4.68 Å². The number of aromatic carboxylic acids is 1. The summed E-state index contributed by atoms with van der Waals surface area (Å²) in [4.78, 5) is 10.3. The van der Waals surface area contributed by atoms with E-state index in [1.165, 1.54) is 4.68 Å². The fourth-order valence-electron chi connectivity index (χ4n) is 0.703. The zero-order chi connectivity index (χ0) is 8.43. The molecule has 0 aliphatic heterocycles. The first-order valence-electron chi connectivity index (χ1n) is 3.11. The fourth-order valence-corrected chi connectivity index (χ4v) is 0.703. The molecule has 0 aliphatic rings. The maximum absolute atomic E-state index is 12.5. The third kappa shape index (κ3) is 1.36. The minimum Gasteiger partial charge on any atom is -0.477 e. The average Bonchev–Trinajstić information content (AvgIpc) is 2.30. The second kappa shape index (κ2) is 2.69. The molecule has 0 unspecified atom stereocenters. The molecule has 60 valence electrons. The number of rotatable bonds is 2. The summed E-state index contributed by atoms with van der Waals surface area (Å²) in [6.07, 6.45) is 1.16. The molecular weight excluding hydrogens is 151 g/mol. The summed E-state index contributed by atoms with van der Waals surface area (Å²) in [7, 11) is 0. The maximum atomic E-state index is 12.5. The minimum absolute atomic E-state index is 0.383. The van der Waals surface area contributed by atoms with Crippen LogP contribution >= 0.6 is 0 Å². The molecule has 0 saturated carbocycles. The average molecular weight is 158 g/mol. The van der Waals surface area contributed by atoms with Crippen LogP contribution in [0.15, 0.2) is 6.20 Å². The molecule has 0 aromatic carbocycles. The molecule has 1 N–H and O–H groups in total. The van der Waals surface area contributed by atoms with Crippen molar-refractivity contribution in [3.05, 3.63) is 17.7 Å². The molecule has 1 heterocycles. The predicted octanol–water partition coefficient (Wildman–Crippen LogP) is 0.740. The van der Waals surface area contributed by atoms with E-state index in [4.69, 9.17) is 5.11 Å². The van der Waals surface area contributed by atoms with Crippen molar-refractivity contribution in [2.24, 2.45) is 0 Å². The first-order valence-corrected chi connectivity index (χ1v) is 3.11. The van der Waals surface area contributed by atoms with Gasteiger partial charge in [0.2, 0.25) is 5.95 Å². The van der Waals surface area contributed by atoms with Gasteiger partial charge in [-0.05, 0) is 6.92 Å². The highest BCUT2D eigenvalue weighted by Gasteiger charge is 2.13. The van der Waals surface area contributed by atoms with Gasteiger partial charge in [-0.25, -0.2) is 4.79 Å². The number of hydrogen-bond acceptors (Lipinski definition) is 2. The molecule has 0 atom stereocenters. The largest absolute Gasteiger partial charge is 0.477 e. The zero-order valence-corrected chi connectivity index (χ0v) is 5.91. The monoisotopic (exact) mass is 158 g/mol. The number of hydrogen-bond donors (Lipinski definition) is 1. The number of carboxylic acid groups (broad SMARTS) is 1. The lowest BCUT2D eigenvalue weighted by Gasteiger charge is -1.88. The molecule has 4 nitrogen and oxygen atoms in total. The van der Waals surface area contributed by atoms with Crippen molar-refractivity contribution >= 4 is 5.97 Å². The van der Waals surface area contributed by atoms with E-state index in [0.717, 1.165) is 6.20 Å². The third-order valence-corrected chi connectivity index (χ3v) is 1.27. The summed E-state index contributed by atoms with van der Waals surface area (Å²) in [5.41, 5.74) is -0.383. The Kier molecular flexibility index (Phi) is 1.89. The van der Waals surface area contributed by atoms with Crippen LogP contribution in [0.2, 0.25) is 0 Å². The standard InChI is InChI=1S/C6H7FN2O2/c1-2-9-3-4(6(10)11)5(7)8-9/h3H,2H2,1H3,(H,10,11). The van der Waals surface area contributed by atoms with E-state index in [9.17, 15) is 9.18 Å². The molecule has 0 radical (unpaired) electrons. The van der Waals surface area contributed by atoms with Gasteiger partial charge in [0.05, 0.1) is 0 Å². The van der Waals surface area contributed by atoms with E-state index in [-0.39, 0.29) is 5.56 Å². The summed E-state index contributed by atoms with van der Waals surface area (Å²) in [6.45, 7) is 2.21. The van der Waals surface area contributed by atoms with Crippen LogP contribution in [0.25, 0.3) is 0 Å². The number of carboxylic acids is 1. The van der Waals surface area contributed by atoms with E-state index in [0.29, 0.717) is 6.54 Å². The summed E-state index contributed by atoms with van der Waals surface area (Å²) in [6, 6.07) is 0. The van der Waals surface area contributed by atoms with Crippen molar-refractivity contribution in [3.63, 3.8) is 0 Å². The minimum atomic E-state index is -1.29. The predicted molar refractivity (Wildman–Crippen MR) is 34.8 cm³/mol. The Morgan fingerprint density at radius 1 is 1.91 bits per heavy atom. The van der Waals surface area contributed by atoms with Gasteiger partial charge >= 0.3 is 5.97 Å². The van der Waals surface area contributed by atoms with Gasteiger partial charge in [0.1, 0.15) is 5.56 Å². The number of halogens is 1. The van der Waals surface area contributed by atoms with E-state index in [1.807, 2.05) is 0 Å². The molecule has 1 aromatic rings. The Morgan fingerprint density at radius 3 is 2.82 bits per heavy atom. The number of aromatic nitrogens is 2. The highest BCUT2D eigenvalue weighted by molar-refractivity contribution is 5.87. The lowest BCUT2D eigenvalue weighted by atomic mass is 10.4. The topological polar surface area (TPSA) is 55.1 Å². The van der Waals surface area contributed by atoms with Gasteiger partial charge in [0.15, 0.2) is 0 Å².